The summed E-state index contributed by atoms with van der Waals surface area (Å²) in [5, 5.41) is 20.7. The lowest BCUT2D eigenvalue weighted by Gasteiger charge is -2.16. The summed E-state index contributed by atoms with van der Waals surface area (Å²) in [6.45, 7) is 4.06. The minimum Gasteiger partial charge on any atom is -0.391 e. The summed E-state index contributed by atoms with van der Waals surface area (Å²) in [6, 6.07) is 15.7. The third-order valence-electron chi connectivity index (χ3n) is 5.49. The molecule has 4 aromatic rings. The molecule has 4 rings (SSSR count). The lowest BCUT2D eigenvalue weighted by molar-refractivity contribution is 0.168. The molecule has 0 spiro atoms. The highest BCUT2D eigenvalue weighted by atomic mass is 16.3. The van der Waals surface area contributed by atoms with Crippen molar-refractivity contribution in [3.63, 3.8) is 0 Å². The molecule has 0 saturated heterocycles. The van der Waals surface area contributed by atoms with E-state index in [4.69, 9.17) is 4.98 Å². The zero-order valence-electron chi connectivity index (χ0n) is 18.5. The summed E-state index contributed by atoms with van der Waals surface area (Å²) in [5.74, 6) is 0. The first-order chi connectivity index (χ1) is 15.5. The van der Waals surface area contributed by atoms with Crippen LogP contribution in [0.5, 0.6) is 0 Å². The molecule has 0 aliphatic rings. The smallest absolute Gasteiger partial charge is 0.319 e. The van der Waals surface area contributed by atoms with Gasteiger partial charge in [0, 0.05) is 47.6 Å². The molecule has 2 heterocycles. The fourth-order valence-corrected chi connectivity index (χ4v) is 3.74. The Labute approximate surface area is 187 Å². The lowest BCUT2D eigenvalue weighted by Crippen LogP contribution is -2.35. The molecule has 1 unspecified atom stereocenters. The topological polar surface area (TPSA) is 92.1 Å². The highest BCUT2D eigenvalue weighted by molar-refractivity contribution is 6.06. The molecule has 0 aliphatic heterocycles. The molecule has 164 valence electrons. The molecule has 7 nitrogen and oxygen atoms in total. The van der Waals surface area contributed by atoms with Gasteiger partial charge in [-0.25, -0.2) is 4.79 Å². The van der Waals surface area contributed by atoms with Crippen molar-refractivity contribution in [1.29, 1.82) is 0 Å². The fourth-order valence-electron chi connectivity index (χ4n) is 3.74. The van der Waals surface area contributed by atoms with Crippen LogP contribution in [0, 0.1) is 6.92 Å². The highest BCUT2D eigenvalue weighted by Gasteiger charge is 2.17. The number of rotatable bonds is 6. The molecule has 2 aromatic heterocycles. The van der Waals surface area contributed by atoms with Crippen LogP contribution in [0.15, 0.2) is 60.9 Å². The Bertz CT molecular complexity index is 1250. The number of nitrogens with zero attached hydrogens (tertiary/aromatic N) is 3. The average Bonchev–Trinajstić information content (AvgIpc) is 3.23. The third-order valence-corrected chi connectivity index (χ3v) is 5.49. The maximum Gasteiger partial charge on any atom is 0.319 e. The zero-order valence-corrected chi connectivity index (χ0v) is 18.5. The summed E-state index contributed by atoms with van der Waals surface area (Å²) < 4.78 is 1.73. The summed E-state index contributed by atoms with van der Waals surface area (Å²) in [5.41, 5.74) is 6.29. The third kappa shape index (κ3) is 4.48. The number of urea groups is 1. The van der Waals surface area contributed by atoms with Crippen molar-refractivity contribution < 1.29 is 9.90 Å². The molecule has 0 bridgehead atoms. The second-order valence-corrected chi connectivity index (χ2v) is 7.84. The quantitative estimate of drug-likeness (QED) is 0.421. The van der Waals surface area contributed by atoms with Gasteiger partial charge in [0.2, 0.25) is 0 Å². The van der Waals surface area contributed by atoms with Crippen LogP contribution in [-0.2, 0) is 7.05 Å². The lowest BCUT2D eigenvalue weighted by atomic mass is 9.96. The van der Waals surface area contributed by atoms with Crippen LogP contribution in [0.25, 0.3) is 33.2 Å². The van der Waals surface area contributed by atoms with E-state index in [0.717, 1.165) is 38.9 Å². The predicted molar refractivity (Wildman–Crippen MR) is 127 cm³/mol. The Morgan fingerprint density at radius 1 is 1.16 bits per heavy atom. The van der Waals surface area contributed by atoms with Crippen LogP contribution in [-0.4, -0.2) is 38.6 Å². The van der Waals surface area contributed by atoms with E-state index in [1.807, 2.05) is 57.4 Å². The van der Waals surface area contributed by atoms with Gasteiger partial charge in [-0.05, 0) is 37.1 Å². The predicted octanol–water partition coefficient (Wildman–Crippen LogP) is 4.50. The molecule has 7 heteroatoms. The van der Waals surface area contributed by atoms with Gasteiger partial charge in [0.25, 0.3) is 0 Å². The average molecular weight is 430 g/mol. The molecule has 2 aromatic carbocycles. The summed E-state index contributed by atoms with van der Waals surface area (Å²) in [4.78, 5) is 17.4. The van der Waals surface area contributed by atoms with Gasteiger partial charge in [-0.3, -0.25) is 9.67 Å². The van der Waals surface area contributed by atoms with Crippen LogP contribution in [0.3, 0.4) is 0 Å². The maximum absolute atomic E-state index is 12.5. The molecule has 3 N–H and O–H groups in total. The number of amides is 2. The Hall–Kier alpha value is -3.71. The SMILES string of the molecule is CCC(O)CNC(=O)Nc1ccc2nc(C)c(-c3ccccc3)cc2c1-c1cnn(C)c1. The van der Waals surface area contributed by atoms with Crippen LogP contribution in [0.1, 0.15) is 19.0 Å². The number of aliphatic hydroxyl groups excluding tert-OH is 1. The summed E-state index contributed by atoms with van der Waals surface area (Å²) in [6.07, 6.45) is 3.70. The van der Waals surface area contributed by atoms with Gasteiger partial charge in [-0.1, -0.05) is 37.3 Å². The second kappa shape index (κ2) is 9.20. The van der Waals surface area contributed by atoms with Gasteiger partial charge in [0.15, 0.2) is 0 Å². The van der Waals surface area contributed by atoms with Crippen LogP contribution >= 0.6 is 0 Å². The van der Waals surface area contributed by atoms with Crippen molar-refractivity contribution in [1.82, 2.24) is 20.1 Å². The monoisotopic (exact) mass is 429 g/mol. The van der Waals surface area contributed by atoms with Crippen molar-refractivity contribution in [2.24, 2.45) is 7.05 Å². The number of benzene rings is 2. The first kappa shape index (κ1) is 21.5. The van der Waals surface area contributed by atoms with Gasteiger partial charge in [-0.15, -0.1) is 0 Å². The molecular formula is C25H27N5O2. The summed E-state index contributed by atoms with van der Waals surface area (Å²) >= 11 is 0. The normalized spacial score (nSPS) is 12.0. The minimum atomic E-state index is -0.573. The van der Waals surface area contributed by atoms with E-state index in [9.17, 15) is 9.90 Å². The van der Waals surface area contributed by atoms with Crippen molar-refractivity contribution in [2.45, 2.75) is 26.4 Å². The van der Waals surface area contributed by atoms with E-state index in [2.05, 4.69) is 33.9 Å². The van der Waals surface area contributed by atoms with E-state index in [1.165, 1.54) is 0 Å². The molecule has 0 aliphatic carbocycles. The van der Waals surface area contributed by atoms with E-state index in [1.54, 1.807) is 10.9 Å². The number of carbonyl (C=O) groups is 1. The number of hydrogen-bond acceptors (Lipinski definition) is 4. The Morgan fingerprint density at radius 2 is 1.94 bits per heavy atom. The van der Waals surface area contributed by atoms with Crippen molar-refractivity contribution >= 4 is 22.6 Å². The van der Waals surface area contributed by atoms with Gasteiger partial charge in [0.1, 0.15) is 0 Å². The van der Waals surface area contributed by atoms with Crippen LogP contribution < -0.4 is 10.6 Å². The molecular weight excluding hydrogens is 402 g/mol. The van der Waals surface area contributed by atoms with Gasteiger partial charge in [0.05, 0.1) is 23.5 Å². The number of pyridine rings is 1. The number of fused-ring (bicyclic) bond motifs is 1. The van der Waals surface area contributed by atoms with E-state index >= 15 is 0 Å². The van der Waals surface area contributed by atoms with Crippen molar-refractivity contribution in [2.75, 3.05) is 11.9 Å². The molecule has 32 heavy (non-hydrogen) atoms. The first-order valence-corrected chi connectivity index (χ1v) is 10.7. The molecule has 0 fully saturated rings. The van der Waals surface area contributed by atoms with Gasteiger partial charge in [-0.2, -0.15) is 5.10 Å². The number of aliphatic hydroxyl groups is 1. The van der Waals surface area contributed by atoms with Crippen LogP contribution in [0.2, 0.25) is 0 Å². The largest absolute Gasteiger partial charge is 0.391 e. The van der Waals surface area contributed by atoms with E-state index < -0.39 is 6.10 Å². The van der Waals surface area contributed by atoms with E-state index in [0.29, 0.717) is 12.1 Å². The van der Waals surface area contributed by atoms with Crippen molar-refractivity contribution in [3.8, 4) is 22.3 Å². The Balaban J connectivity index is 1.83. The molecule has 2 amide bonds. The standard InChI is InChI=1S/C25H27N5O2/c1-4-19(31)14-26-25(32)29-23-11-10-22-21(24(23)18-13-27-30(3)15-18)12-20(16(2)28-22)17-8-6-5-7-9-17/h5-13,15,19,31H,4,14H2,1-3H3,(H2,26,29,32). The minimum absolute atomic E-state index is 0.192. The summed E-state index contributed by atoms with van der Waals surface area (Å²) in [7, 11) is 1.86. The Kier molecular flexibility index (Phi) is 6.18. The van der Waals surface area contributed by atoms with Crippen LogP contribution in [0.4, 0.5) is 10.5 Å². The number of aromatic nitrogens is 3. The fraction of sp³-hybridized carbons (Fsp3) is 0.240. The number of hydrogen-bond donors (Lipinski definition) is 3. The number of nitrogens with one attached hydrogen (secondary N) is 2. The Morgan fingerprint density at radius 3 is 2.62 bits per heavy atom. The molecule has 0 radical (unpaired) electrons. The van der Waals surface area contributed by atoms with E-state index in [-0.39, 0.29) is 12.6 Å². The van der Waals surface area contributed by atoms with Gasteiger partial charge >= 0.3 is 6.03 Å². The highest BCUT2D eigenvalue weighted by Crippen LogP contribution is 2.37. The number of anilines is 1. The first-order valence-electron chi connectivity index (χ1n) is 10.7. The van der Waals surface area contributed by atoms with Gasteiger partial charge < -0.3 is 15.7 Å². The molecule has 0 saturated carbocycles. The maximum atomic E-state index is 12.5. The second-order valence-electron chi connectivity index (χ2n) is 7.84. The molecule has 1 atom stereocenters. The van der Waals surface area contributed by atoms with Crippen molar-refractivity contribution in [3.05, 3.63) is 66.6 Å². The zero-order chi connectivity index (χ0) is 22.7. The number of carbonyl (C=O) groups excluding carboxylic acids is 1. The number of aryl methyl sites for hydroxylation is 2.